The van der Waals surface area contributed by atoms with Crippen LogP contribution in [0.3, 0.4) is 0 Å². The molecule has 1 aliphatic heterocycles. The third-order valence-electron chi connectivity index (χ3n) is 3.68. The van der Waals surface area contributed by atoms with Crippen LogP contribution in [0.2, 0.25) is 0 Å². The SMILES string of the molecule is CC1CN(C)CCC1Nc1ccccc1C(F)(F)F. The van der Waals surface area contributed by atoms with Crippen LogP contribution in [0.25, 0.3) is 0 Å². The molecule has 5 heteroatoms. The van der Waals surface area contributed by atoms with Gasteiger partial charge >= 0.3 is 6.18 Å². The van der Waals surface area contributed by atoms with Crippen molar-refractivity contribution in [3.63, 3.8) is 0 Å². The number of nitrogens with one attached hydrogen (secondary N) is 1. The molecule has 1 saturated heterocycles. The van der Waals surface area contributed by atoms with Crippen LogP contribution in [0.1, 0.15) is 18.9 Å². The molecule has 1 N–H and O–H groups in total. The van der Waals surface area contributed by atoms with Crippen molar-refractivity contribution in [1.29, 1.82) is 0 Å². The number of halogens is 3. The Kier molecular flexibility index (Phi) is 4.04. The molecule has 2 atom stereocenters. The first-order valence-electron chi connectivity index (χ1n) is 6.49. The average molecular weight is 272 g/mol. The number of alkyl halides is 3. The van der Waals surface area contributed by atoms with E-state index in [-0.39, 0.29) is 11.7 Å². The zero-order valence-corrected chi connectivity index (χ0v) is 11.2. The van der Waals surface area contributed by atoms with E-state index in [1.165, 1.54) is 12.1 Å². The van der Waals surface area contributed by atoms with E-state index >= 15 is 0 Å². The van der Waals surface area contributed by atoms with Crippen LogP contribution in [0, 0.1) is 5.92 Å². The molecular formula is C14H19F3N2. The van der Waals surface area contributed by atoms with E-state index < -0.39 is 11.7 Å². The largest absolute Gasteiger partial charge is 0.418 e. The van der Waals surface area contributed by atoms with E-state index in [4.69, 9.17) is 0 Å². The van der Waals surface area contributed by atoms with E-state index in [0.29, 0.717) is 5.92 Å². The maximum atomic E-state index is 12.9. The zero-order valence-electron chi connectivity index (χ0n) is 11.2. The lowest BCUT2D eigenvalue weighted by Crippen LogP contribution is -2.43. The summed E-state index contributed by atoms with van der Waals surface area (Å²) in [6.07, 6.45) is -3.44. The third kappa shape index (κ3) is 3.41. The summed E-state index contributed by atoms with van der Waals surface area (Å²) in [5.74, 6) is 0.333. The lowest BCUT2D eigenvalue weighted by molar-refractivity contribution is -0.137. The summed E-state index contributed by atoms with van der Waals surface area (Å²) >= 11 is 0. The molecule has 0 saturated carbocycles. The molecule has 2 rings (SSSR count). The van der Waals surface area contributed by atoms with Gasteiger partial charge in [-0.3, -0.25) is 0 Å². The van der Waals surface area contributed by atoms with Gasteiger partial charge in [0, 0.05) is 18.3 Å². The van der Waals surface area contributed by atoms with Gasteiger partial charge in [0.15, 0.2) is 0 Å². The number of benzene rings is 1. The van der Waals surface area contributed by atoms with Crippen molar-refractivity contribution in [2.75, 3.05) is 25.5 Å². The summed E-state index contributed by atoms with van der Waals surface area (Å²) in [5.41, 5.74) is -0.391. The number of piperidine rings is 1. The van der Waals surface area contributed by atoms with Crippen LogP contribution in [0.15, 0.2) is 24.3 Å². The van der Waals surface area contributed by atoms with Crippen LogP contribution in [0.5, 0.6) is 0 Å². The highest BCUT2D eigenvalue weighted by Crippen LogP contribution is 2.35. The second kappa shape index (κ2) is 5.41. The number of anilines is 1. The number of hydrogen-bond acceptors (Lipinski definition) is 2. The first-order valence-corrected chi connectivity index (χ1v) is 6.49. The highest BCUT2D eigenvalue weighted by Gasteiger charge is 2.34. The van der Waals surface area contributed by atoms with Gasteiger partial charge in [-0.1, -0.05) is 19.1 Å². The van der Waals surface area contributed by atoms with Gasteiger partial charge in [-0.05, 0) is 38.1 Å². The fraction of sp³-hybridized carbons (Fsp3) is 0.571. The molecule has 0 aliphatic carbocycles. The van der Waals surface area contributed by atoms with Gasteiger partial charge in [-0.2, -0.15) is 13.2 Å². The summed E-state index contributed by atoms with van der Waals surface area (Å²) in [4.78, 5) is 2.21. The minimum absolute atomic E-state index is 0.0969. The lowest BCUT2D eigenvalue weighted by atomic mass is 9.93. The molecule has 0 radical (unpaired) electrons. The van der Waals surface area contributed by atoms with E-state index in [9.17, 15) is 13.2 Å². The quantitative estimate of drug-likeness (QED) is 0.887. The van der Waals surface area contributed by atoms with Crippen LogP contribution >= 0.6 is 0 Å². The van der Waals surface area contributed by atoms with Crippen molar-refractivity contribution in [3.8, 4) is 0 Å². The Labute approximate surface area is 111 Å². The fourth-order valence-electron chi connectivity index (χ4n) is 2.62. The third-order valence-corrected chi connectivity index (χ3v) is 3.68. The number of rotatable bonds is 2. The van der Waals surface area contributed by atoms with Gasteiger partial charge < -0.3 is 10.2 Å². The number of nitrogens with zero attached hydrogens (tertiary/aromatic N) is 1. The number of para-hydroxylation sites is 1. The molecule has 1 heterocycles. The molecule has 2 nitrogen and oxygen atoms in total. The van der Waals surface area contributed by atoms with Crippen LogP contribution in [0.4, 0.5) is 18.9 Å². The summed E-state index contributed by atoms with van der Waals surface area (Å²) < 4.78 is 38.7. The average Bonchev–Trinajstić information content (AvgIpc) is 2.32. The Morgan fingerprint density at radius 2 is 1.95 bits per heavy atom. The Hall–Kier alpha value is -1.23. The predicted octanol–water partition coefficient (Wildman–Crippen LogP) is 3.46. The standard InChI is InChI=1S/C14H19F3N2/c1-10-9-19(2)8-7-12(10)18-13-6-4-3-5-11(13)14(15,16)17/h3-6,10,12,18H,7-9H2,1-2H3. The second-order valence-electron chi connectivity index (χ2n) is 5.32. The molecule has 19 heavy (non-hydrogen) atoms. The highest BCUT2D eigenvalue weighted by molar-refractivity contribution is 5.53. The molecule has 0 bridgehead atoms. The highest BCUT2D eigenvalue weighted by atomic mass is 19.4. The molecule has 0 spiro atoms. The zero-order chi connectivity index (χ0) is 14.0. The predicted molar refractivity (Wildman–Crippen MR) is 70.1 cm³/mol. The molecule has 2 unspecified atom stereocenters. The molecule has 1 aromatic carbocycles. The van der Waals surface area contributed by atoms with E-state index in [1.54, 1.807) is 6.07 Å². The van der Waals surface area contributed by atoms with Gasteiger partial charge in [0.2, 0.25) is 0 Å². The number of hydrogen-bond donors (Lipinski definition) is 1. The lowest BCUT2D eigenvalue weighted by Gasteiger charge is -2.36. The normalized spacial score (nSPS) is 25.3. The van der Waals surface area contributed by atoms with Crippen molar-refractivity contribution < 1.29 is 13.2 Å². The maximum Gasteiger partial charge on any atom is 0.418 e. The molecule has 0 aromatic heterocycles. The van der Waals surface area contributed by atoms with Gasteiger partial charge in [-0.25, -0.2) is 0 Å². The van der Waals surface area contributed by atoms with Crippen LogP contribution < -0.4 is 5.32 Å². The summed E-state index contributed by atoms with van der Waals surface area (Å²) in [7, 11) is 2.04. The molecular weight excluding hydrogens is 253 g/mol. The van der Waals surface area contributed by atoms with E-state index in [1.807, 2.05) is 7.05 Å². The Morgan fingerprint density at radius 1 is 1.26 bits per heavy atom. The van der Waals surface area contributed by atoms with Gasteiger partial charge in [0.05, 0.1) is 5.56 Å². The van der Waals surface area contributed by atoms with Gasteiger partial charge in [-0.15, -0.1) is 0 Å². The Bertz CT molecular complexity index is 431. The summed E-state index contributed by atoms with van der Waals surface area (Å²) in [5, 5.41) is 3.08. The van der Waals surface area contributed by atoms with Crippen molar-refractivity contribution in [2.45, 2.75) is 25.6 Å². The summed E-state index contributed by atoms with van der Waals surface area (Å²) in [6, 6.07) is 5.79. The van der Waals surface area contributed by atoms with E-state index in [2.05, 4.69) is 17.1 Å². The van der Waals surface area contributed by atoms with Crippen LogP contribution in [-0.2, 0) is 6.18 Å². The molecule has 1 aliphatic rings. The minimum Gasteiger partial charge on any atom is -0.381 e. The second-order valence-corrected chi connectivity index (χ2v) is 5.32. The Balaban J connectivity index is 2.15. The van der Waals surface area contributed by atoms with E-state index in [0.717, 1.165) is 25.6 Å². The van der Waals surface area contributed by atoms with Crippen molar-refractivity contribution in [3.05, 3.63) is 29.8 Å². The first-order chi connectivity index (χ1) is 8.88. The molecule has 0 amide bonds. The summed E-state index contributed by atoms with van der Waals surface area (Å²) in [6.45, 7) is 3.89. The maximum absolute atomic E-state index is 12.9. The van der Waals surface area contributed by atoms with Gasteiger partial charge in [0.1, 0.15) is 0 Å². The fourth-order valence-corrected chi connectivity index (χ4v) is 2.62. The van der Waals surface area contributed by atoms with Crippen molar-refractivity contribution in [1.82, 2.24) is 4.90 Å². The van der Waals surface area contributed by atoms with Gasteiger partial charge in [0.25, 0.3) is 0 Å². The minimum atomic E-state index is -4.31. The topological polar surface area (TPSA) is 15.3 Å². The monoisotopic (exact) mass is 272 g/mol. The molecule has 1 aromatic rings. The first kappa shape index (κ1) is 14.2. The molecule has 106 valence electrons. The smallest absolute Gasteiger partial charge is 0.381 e. The van der Waals surface area contributed by atoms with Crippen LogP contribution in [-0.4, -0.2) is 31.1 Å². The van der Waals surface area contributed by atoms with Crippen molar-refractivity contribution in [2.24, 2.45) is 5.92 Å². The van der Waals surface area contributed by atoms with Crippen molar-refractivity contribution >= 4 is 5.69 Å². The molecule has 1 fully saturated rings. The Morgan fingerprint density at radius 3 is 2.58 bits per heavy atom. The number of likely N-dealkylation sites (tertiary alicyclic amines) is 1.